The first-order valence-corrected chi connectivity index (χ1v) is 8.23. The maximum Gasteiger partial charge on any atom is 0.290 e. The van der Waals surface area contributed by atoms with Crippen LogP contribution >= 0.6 is 0 Å². The number of benzene rings is 1. The summed E-state index contributed by atoms with van der Waals surface area (Å²) in [4.78, 5) is 14.9. The van der Waals surface area contributed by atoms with E-state index in [-0.39, 0.29) is 5.91 Å². The van der Waals surface area contributed by atoms with Gasteiger partial charge in [0, 0.05) is 24.4 Å². The van der Waals surface area contributed by atoms with E-state index in [2.05, 4.69) is 10.2 Å². The summed E-state index contributed by atoms with van der Waals surface area (Å²) < 4.78 is 17.0. The van der Waals surface area contributed by atoms with Gasteiger partial charge in [-0.15, -0.1) is 10.2 Å². The third-order valence-corrected chi connectivity index (χ3v) is 4.57. The lowest BCUT2D eigenvalue weighted by atomic mass is 10.1. The fourth-order valence-electron chi connectivity index (χ4n) is 3.22. The molecule has 25 heavy (non-hydrogen) atoms. The number of hydrogen-bond donors (Lipinski definition) is 0. The zero-order chi connectivity index (χ0) is 17.6. The van der Waals surface area contributed by atoms with Crippen LogP contribution in [0.15, 0.2) is 27.0 Å². The summed E-state index contributed by atoms with van der Waals surface area (Å²) in [5.41, 5.74) is 2.60. The first kappa shape index (κ1) is 15.8. The summed E-state index contributed by atoms with van der Waals surface area (Å²) >= 11 is 0. The van der Waals surface area contributed by atoms with Crippen molar-refractivity contribution in [3.05, 3.63) is 46.9 Å². The molecule has 0 N–H and O–H groups in total. The fraction of sp³-hybridized carbons (Fsp3) is 0.389. The minimum Gasteiger partial charge on any atom is -0.450 e. The van der Waals surface area contributed by atoms with Crippen molar-refractivity contribution in [3.8, 4) is 0 Å². The molecule has 7 heteroatoms. The molecule has 1 amide bonds. The van der Waals surface area contributed by atoms with Crippen LogP contribution in [0.2, 0.25) is 0 Å². The number of rotatable bonds is 2. The number of furan rings is 1. The second kappa shape index (κ2) is 6.00. The Labute approximate surface area is 144 Å². The number of carbonyl (C=O) groups excluding carboxylic acids is 1. The number of para-hydroxylation sites is 1. The Hall–Kier alpha value is -2.67. The van der Waals surface area contributed by atoms with Gasteiger partial charge in [0.15, 0.2) is 5.76 Å². The van der Waals surface area contributed by atoms with Gasteiger partial charge in [0.2, 0.25) is 11.8 Å². The Kier molecular flexibility index (Phi) is 3.80. The van der Waals surface area contributed by atoms with Crippen LogP contribution in [0.4, 0.5) is 0 Å². The number of hydrogen-bond acceptors (Lipinski definition) is 6. The van der Waals surface area contributed by atoms with E-state index in [1.165, 1.54) is 0 Å². The van der Waals surface area contributed by atoms with Crippen molar-refractivity contribution in [2.75, 3.05) is 19.8 Å². The maximum absolute atomic E-state index is 13.2. The van der Waals surface area contributed by atoms with Gasteiger partial charge in [-0.2, -0.15) is 0 Å². The lowest BCUT2D eigenvalue weighted by molar-refractivity contribution is -0.0120. The summed E-state index contributed by atoms with van der Waals surface area (Å²) in [6.07, 6.45) is 0. The van der Waals surface area contributed by atoms with Crippen molar-refractivity contribution in [1.29, 1.82) is 0 Å². The second-order valence-corrected chi connectivity index (χ2v) is 6.26. The van der Waals surface area contributed by atoms with Crippen molar-refractivity contribution < 1.29 is 18.4 Å². The average Bonchev–Trinajstić information content (AvgIpc) is 3.19. The van der Waals surface area contributed by atoms with E-state index in [1.54, 1.807) is 11.8 Å². The summed E-state index contributed by atoms with van der Waals surface area (Å²) in [6, 6.07) is 5.50. The third-order valence-electron chi connectivity index (χ3n) is 4.57. The van der Waals surface area contributed by atoms with Gasteiger partial charge in [0.25, 0.3) is 5.91 Å². The third kappa shape index (κ3) is 2.60. The first-order valence-electron chi connectivity index (χ1n) is 8.23. The van der Waals surface area contributed by atoms with Crippen LogP contribution in [0.25, 0.3) is 11.0 Å². The molecule has 4 rings (SSSR count). The minimum atomic E-state index is -0.406. The van der Waals surface area contributed by atoms with Crippen molar-refractivity contribution >= 4 is 16.9 Å². The Morgan fingerprint density at radius 3 is 2.76 bits per heavy atom. The fourth-order valence-corrected chi connectivity index (χ4v) is 3.22. The molecule has 1 saturated heterocycles. The zero-order valence-electron chi connectivity index (χ0n) is 14.4. The summed E-state index contributed by atoms with van der Waals surface area (Å²) in [7, 11) is 0. The van der Waals surface area contributed by atoms with Crippen LogP contribution in [-0.4, -0.2) is 40.8 Å². The van der Waals surface area contributed by atoms with Gasteiger partial charge in [-0.05, 0) is 19.4 Å². The molecule has 0 saturated carbocycles. The van der Waals surface area contributed by atoms with E-state index < -0.39 is 6.04 Å². The van der Waals surface area contributed by atoms with Crippen LogP contribution in [0.1, 0.15) is 39.5 Å². The molecule has 3 heterocycles. The SMILES string of the molecule is Cc1nnc([C@@H]2COCCN2C(=O)c2oc3c(C)cccc3c2C)o1. The number of aromatic nitrogens is 2. The quantitative estimate of drug-likeness (QED) is 0.713. The largest absolute Gasteiger partial charge is 0.450 e. The van der Waals surface area contributed by atoms with Gasteiger partial charge < -0.3 is 18.5 Å². The minimum absolute atomic E-state index is 0.183. The van der Waals surface area contributed by atoms with E-state index in [9.17, 15) is 4.79 Å². The Morgan fingerprint density at radius 2 is 2.04 bits per heavy atom. The number of morpholine rings is 1. The van der Waals surface area contributed by atoms with Gasteiger partial charge in [-0.25, -0.2) is 0 Å². The number of ether oxygens (including phenoxy) is 1. The molecule has 0 radical (unpaired) electrons. The highest BCUT2D eigenvalue weighted by molar-refractivity contribution is 5.99. The molecule has 0 unspecified atom stereocenters. The van der Waals surface area contributed by atoms with E-state index in [0.717, 1.165) is 22.1 Å². The van der Waals surface area contributed by atoms with Gasteiger partial charge in [-0.1, -0.05) is 18.2 Å². The van der Waals surface area contributed by atoms with E-state index >= 15 is 0 Å². The normalized spacial score (nSPS) is 18.0. The van der Waals surface area contributed by atoms with Crippen molar-refractivity contribution in [3.63, 3.8) is 0 Å². The van der Waals surface area contributed by atoms with Crippen molar-refractivity contribution in [2.45, 2.75) is 26.8 Å². The highest BCUT2D eigenvalue weighted by Gasteiger charge is 2.35. The van der Waals surface area contributed by atoms with Gasteiger partial charge in [-0.3, -0.25) is 4.79 Å². The highest BCUT2D eigenvalue weighted by Crippen LogP contribution is 2.31. The van der Waals surface area contributed by atoms with Gasteiger partial charge in [0.1, 0.15) is 11.6 Å². The molecule has 3 aromatic rings. The predicted molar refractivity (Wildman–Crippen MR) is 89.3 cm³/mol. The molecule has 130 valence electrons. The van der Waals surface area contributed by atoms with Crippen LogP contribution in [0.3, 0.4) is 0 Å². The number of nitrogens with zero attached hydrogens (tertiary/aromatic N) is 3. The van der Waals surface area contributed by atoms with Gasteiger partial charge >= 0.3 is 0 Å². The number of aryl methyl sites for hydroxylation is 3. The molecule has 0 spiro atoms. The number of fused-ring (bicyclic) bond motifs is 1. The molecule has 0 bridgehead atoms. The van der Waals surface area contributed by atoms with Crippen LogP contribution in [0.5, 0.6) is 0 Å². The molecule has 1 atom stereocenters. The molecule has 7 nitrogen and oxygen atoms in total. The zero-order valence-corrected chi connectivity index (χ0v) is 14.4. The molecule has 1 aliphatic rings. The lowest BCUT2D eigenvalue weighted by Crippen LogP contribution is -2.43. The molecular weight excluding hydrogens is 322 g/mol. The highest BCUT2D eigenvalue weighted by atomic mass is 16.5. The Morgan fingerprint density at radius 1 is 1.20 bits per heavy atom. The van der Waals surface area contributed by atoms with Gasteiger partial charge in [0.05, 0.1) is 13.2 Å². The molecule has 2 aromatic heterocycles. The topological polar surface area (TPSA) is 81.6 Å². The number of amides is 1. The van der Waals surface area contributed by atoms with Crippen LogP contribution in [-0.2, 0) is 4.74 Å². The Balaban J connectivity index is 1.74. The van der Waals surface area contributed by atoms with Crippen molar-refractivity contribution in [2.24, 2.45) is 0 Å². The average molecular weight is 341 g/mol. The summed E-state index contributed by atoms with van der Waals surface area (Å²) in [5.74, 6) is 1.02. The Bertz CT molecular complexity index is 943. The molecule has 1 fully saturated rings. The maximum atomic E-state index is 13.2. The standard InChI is InChI=1S/C18H19N3O4/c1-10-5-4-6-13-11(2)16(25-15(10)13)18(22)21-7-8-23-9-14(21)17-20-19-12(3)24-17/h4-6,14H,7-9H2,1-3H3/t14-/m0/s1. The lowest BCUT2D eigenvalue weighted by Gasteiger charge is -2.32. The van der Waals surface area contributed by atoms with Crippen molar-refractivity contribution in [1.82, 2.24) is 15.1 Å². The monoisotopic (exact) mass is 341 g/mol. The molecular formula is C18H19N3O4. The smallest absolute Gasteiger partial charge is 0.290 e. The second-order valence-electron chi connectivity index (χ2n) is 6.26. The first-order chi connectivity index (χ1) is 12.1. The van der Waals surface area contributed by atoms with Crippen LogP contribution in [0, 0.1) is 20.8 Å². The summed E-state index contributed by atoms with van der Waals surface area (Å²) in [5, 5.41) is 8.87. The number of carbonyl (C=O) groups is 1. The van der Waals surface area contributed by atoms with E-state index in [1.807, 2.05) is 32.0 Å². The molecule has 0 aliphatic carbocycles. The van der Waals surface area contributed by atoms with Crippen LogP contribution < -0.4 is 0 Å². The predicted octanol–water partition coefficient (Wildman–Crippen LogP) is 2.95. The summed E-state index contributed by atoms with van der Waals surface area (Å²) in [6.45, 7) is 6.83. The molecule has 1 aromatic carbocycles. The van der Waals surface area contributed by atoms with E-state index in [0.29, 0.717) is 37.3 Å². The molecule has 1 aliphatic heterocycles. The van der Waals surface area contributed by atoms with E-state index in [4.69, 9.17) is 13.6 Å².